The van der Waals surface area contributed by atoms with E-state index in [0.717, 1.165) is 18.6 Å². The number of aliphatic carboxylic acids is 1. The van der Waals surface area contributed by atoms with Gasteiger partial charge in [0.15, 0.2) is 0 Å². The first-order valence-corrected chi connectivity index (χ1v) is 8.23. The van der Waals surface area contributed by atoms with Crippen molar-refractivity contribution in [3.8, 4) is 12.3 Å². The minimum atomic E-state index is -0.810. The van der Waals surface area contributed by atoms with Gasteiger partial charge in [-0.1, -0.05) is 12.8 Å². The molecule has 1 aliphatic carbocycles. The molecule has 6 nitrogen and oxygen atoms in total. The molecule has 0 bridgehead atoms. The molecule has 21 heavy (non-hydrogen) atoms. The summed E-state index contributed by atoms with van der Waals surface area (Å²) in [5, 5.41) is 14.5. The Balaban J connectivity index is 2.12. The summed E-state index contributed by atoms with van der Waals surface area (Å²) < 4.78 is 0. The molecule has 1 saturated carbocycles. The van der Waals surface area contributed by atoms with E-state index >= 15 is 0 Å². The van der Waals surface area contributed by atoms with Crippen molar-refractivity contribution in [2.24, 2.45) is 0 Å². The summed E-state index contributed by atoms with van der Waals surface area (Å²) in [7, 11) is 0. The van der Waals surface area contributed by atoms with Gasteiger partial charge in [0.2, 0.25) is 0 Å². The van der Waals surface area contributed by atoms with Crippen LogP contribution in [0.1, 0.15) is 19.8 Å². The first-order valence-electron chi connectivity index (χ1n) is 7.08. The van der Waals surface area contributed by atoms with Gasteiger partial charge in [0.05, 0.1) is 12.3 Å². The second kappa shape index (κ2) is 9.53. The van der Waals surface area contributed by atoms with Gasteiger partial charge in [-0.2, -0.15) is 0 Å². The molecule has 1 aliphatic rings. The van der Waals surface area contributed by atoms with E-state index in [1.807, 2.05) is 11.8 Å². The molecule has 7 heteroatoms. The molecule has 0 unspecified atom stereocenters. The summed E-state index contributed by atoms with van der Waals surface area (Å²) >= 11 is 1.61. The molecule has 0 spiro atoms. The van der Waals surface area contributed by atoms with Gasteiger partial charge in [-0.25, -0.2) is 4.79 Å². The van der Waals surface area contributed by atoms with Crippen molar-refractivity contribution in [3.05, 3.63) is 0 Å². The molecule has 118 valence electrons. The highest BCUT2D eigenvalue weighted by Gasteiger charge is 2.34. The molecule has 0 atom stereocenters. The zero-order valence-electron chi connectivity index (χ0n) is 12.3. The largest absolute Gasteiger partial charge is 0.480 e. The summed E-state index contributed by atoms with van der Waals surface area (Å²) in [6, 6.07) is 0.222. The van der Waals surface area contributed by atoms with Crippen LogP contribution in [0.2, 0.25) is 0 Å². The smallest absolute Gasteiger partial charge is 0.317 e. The lowest BCUT2D eigenvalue weighted by molar-refractivity contribution is -0.139. The summed E-state index contributed by atoms with van der Waals surface area (Å²) in [6.45, 7) is 3.31. The van der Waals surface area contributed by atoms with Crippen LogP contribution in [0.4, 0.5) is 4.79 Å². The molecule has 0 saturated heterocycles. The number of hydrogen-bond acceptors (Lipinski definition) is 4. The number of rotatable bonds is 9. The van der Waals surface area contributed by atoms with E-state index < -0.39 is 5.97 Å². The normalized spacial score (nSPS) is 20.4. The van der Waals surface area contributed by atoms with Crippen LogP contribution in [0.25, 0.3) is 0 Å². The maximum absolute atomic E-state index is 11.6. The number of carbonyl (C=O) groups is 2. The van der Waals surface area contributed by atoms with Crippen LogP contribution >= 0.6 is 11.8 Å². The average molecular weight is 313 g/mol. The third-order valence-corrected chi connectivity index (χ3v) is 4.29. The first kappa shape index (κ1) is 17.7. The Kier molecular flexibility index (Phi) is 8.01. The highest BCUT2D eigenvalue weighted by molar-refractivity contribution is 7.99. The molecule has 3 N–H and O–H groups in total. The van der Waals surface area contributed by atoms with E-state index in [2.05, 4.69) is 16.6 Å². The van der Waals surface area contributed by atoms with Gasteiger partial charge in [-0.3, -0.25) is 9.69 Å². The number of carbonyl (C=O) groups excluding carboxylic acids is 1. The lowest BCUT2D eigenvalue weighted by atomic mass is 9.85. The number of thioether (sulfide) groups is 1. The molecule has 0 radical (unpaired) electrons. The van der Waals surface area contributed by atoms with Crippen LogP contribution in [-0.4, -0.2) is 65.2 Å². The van der Waals surface area contributed by atoms with Crippen LogP contribution < -0.4 is 10.6 Å². The Morgan fingerprint density at radius 2 is 2.19 bits per heavy atom. The van der Waals surface area contributed by atoms with Gasteiger partial charge in [-0.05, 0) is 19.4 Å². The standard InChI is InChI=1S/C14H23N3O3S/c1-3-6-21-7-5-15-14(20)16-11-8-12(9-11)17(4-2)10-13(18)19/h1,11-12H,4-10H2,2H3,(H,18,19)(H2,15,16,20). The molecule has 1 fully saturated rings. The predicted octanol–water partition coefficient (Wildman–Crippen LogP) is 0.590. The molecule has 0 aliphatic heterocycles. The van der Waals surface area contributed by atoms with Crippen molar-refractivity contribution in [2.75, 3.05) is 31.1 Å². The number of likely N-dealkylation sites (N-methyl/N-ethyl adjacent to an activating group) is 1. The Labute approximate surface area is 130 Å². The van der Waals surface area contributed by atoms with E-state index in [1.54, 1.807) is 11.8 Å². The molecular formula is C14H23N3O3S. The number of nitrogens with one attached hydrogen (secondary N) is 2. The van der Waals surface area contributed by atoms with Crippen molar-refractivity contribution in [1.82, 2.24) is 15.5 Å². The average Bonchev–Trinajstić information content (AvgIpc) is 2.39. The first-order chi connectivity index (χ1) is 10.1. The van der Waals surface area contributed by atoms with Gasteiger partial charge < -0.3 is 15.7 Å². The minimum Gasteiger partial charge on any atom is -0.480 e. The number of hydrogen-bond donors (Lipinski definition) is 3. The fourth-order valence-corrected chi connectivity index (χ4v) is 2.79. The number of amides is 2. The molecular weight excluding hydrogens is 290 g/mol. The van der Waals surface area contributed by atoms with E-state index in [4.69, 9.17) is 11.5 Å². The van der Waals surface area contributed by atoms with Crippen LogP contribution in [0, 0.1) is 12.3 Å². The third kappa shape index (κ3) is 6.74. The van der Waals surface area contributed by atoms with Crippen molar-refractivity contribution in [3.63, 3.8) is 0 Å². The van der Waals surface area contributed by atoms with Gasteiger partial charge in [0.25, 0.3) is 0 Å². The molecule has 1 rings (SSSR count). The second-order valence-electron chi connectivity index (χ2n) is 4.94. The van der Waals surface area contributed by atoms with Crippen molar-refractivity contribution >= 4 is 23.8 Å². The molecule has 0 heterocycles. The lowest BCUT2D eigenvalue weighted by Crippen LogP contribution is -2.56. The quantitative estimate of drug-likeness (QED) is 0.429. The second-order valence-corrected chi connectivity index (χ2v) is 6.04. The van der Waals surface area contributed by atoms with Crippen LogP contribution in [0.15, 0.2) is 0 Å². The Bertz CT molecular complexity index is 391. The number of terminal acetylenes is 1. The summed E-state index contributed by atoms with van der Waals surface area (Å²) in [5.41, 5.74) is 0. The monoisotopic (exact) mass is 313 g/mol. The van der Waals surface area contributed by atoms with Crippen molar-refractivity contribution < 1.29 is 14.7 Å². The maximum Gasteiger partial charge on any atom is 0.317 e. The maximum atomic E-state index is 11.6. The third-order valence-electron chi connectivity index (χ3n) is 3.43. The fourth-order valence-electron chi connectivity index (χ4n) is 2.28. The number of nitrogens with zero attached hydrogens (tertiary/aromatic N) is 1. The predicted molar refractivity (Wildman–Crippen MR) is 84.4 cm³/mol. The van der Waals surface area contributed by atoms with Crippen LogP contribution in [-0.2, 0) is 4.79 Å². The SMILES string of the molecule is C#CCSCCNC(=O)NC1CC(N(CC)CC(=O)O)C1. The molecule has 2 amide bonds. The van der Waals surface area contributed by atoms with Crippen LogP contribution in [0.5, 0.6) is 0 Å². The lowest BCUT2D eigenvalue weighted by Gasteiger charge is -2.42. The number of urea groups is 1. The van der Waals surface area contributed by atoms with E-state index in [1.165, 1.54) is 0 Å². The zero-order valence-corrected chi connectivity index (χ0v) is 13.1. The Morgan fingerprint density at radius 3 is 2.76 bits per heavy atom. The highest BCUT2D eigenvalue weighted by atomic mass is 32.2. The van der Waals surface area contributed by atoms with Crippen molar-refractivity contribution in [2.45, 2.75) is 31.8 Å². The summed E-state index contributed by atoms with van der Waals surface area (Å²) in [5.74, 6) is 3.17. The fraction of sp³-hybridized carbons (Fsp3) is 0.714. The zero-order chi connectivity index (χ0) is 15.7. The van der Waals surface area contributed by atoms with E-state index in [9.17, 15) is 9.59 Å². The molecule has 0 aromatic heterocycles. The minimum absolute atomic E-state index is 0.0620. The van der Waals surface area contributed by atoms with Gasteiger partial charge in [-0.15, -0.1) is 18.2 Å². The Hall–Kier alpha value is -1.39. The van der Waals surface area contributed by atoms with Gasteiger partial charge in [0.1, 0.15) is 0 Å². The topological polar surface area (TPSA) is 81.7 Å². The van der Waals surface area contributed by atoms with E-state index in [-0.39, 0.29) is 24.7 Å². The summed E-state index contributed by atoms with van der Waals surface area (Å²) in [6.07, 6.45) is 6.74. The van der Waals surface area contributed by atoms with Gasteiger partial charge >= 0.3 is 12.0 Å². The van der Waals surface area contributed by atoms with E-state index in [0.29, 0.717) is 18.8 Å². The number of carboxylic acids is 1. The number of carboxylic acid groups (broad SMARTS) is 1. The molecule has 0 aromatic carbocycles. The van der Waals surface area contributed by atoms with Crippen molar-refractivity contribution in [1.29, 1.82) is 0 Å². The Morgan fingerprint density at radius 1 is 1.48 bits per heavy atom. The highest BCUT2D eigenvalue weighted by Crippen LogP contribution is 2.25. The van der Waals surface area contributed by atoms with Crippen LogP contribution in [0.3, 0.4) is 0 Å². The van der Waals surface area contributed by atoms with Gasteiger partial charge in [0, 0.05) is 24.4 Å². The molecule has 0 aromatic rings. The summed E-state index contributed by atoms with van der Waals surface area (Å²) in [4.78, 5) is 24.3.